The smallest absolute Gasteiger partial charge is 0.0291 e. The lowest BCUT2D eigenvalue weighted by atomic mass is 10.4. The molecule has 0 aliphatic rings. The van der Waals surface area contributed by atoms with Crippen LogP contribution >= 0.6 is 0 Å². The molecule has 0 aromatic rings. The van der Waals surface area contributed by atoms with Crippen LogP contribution in [0.25, 0.3) is 0 Å². The monoisotopic (exact) mass is 296 g/mol. The topological polar surface area (TPSA) is 34.1 Å². The fraction of sp³-hybridized carbons (Fsp3) is 1.00. The van der Waals surface area contributed by atoms with E-state index in [1.807, 2.05) is 27.7 Å². The van der Waals surface area contributed by atoms with Crippen molar-refractivity contribution in [1.82, 2.24) is 0 Å². The van der Waals surface area contributed by atoms with Crippen molar-refractivity contribution in [3.05, 3.63) is 0 Å². The van der Waals surface area contributed by atoms with Gasteiger partial charge < -0.3 is 0 Å². The van der Waals surface area contributed by atoms with Gasteiger partial charge in [0.1, 0.15) is 0 Å². The lowest BCUT2D eigenvalue weighted by Crippen LogP contribution is -2.08. The lowest BCUT2D eigenvalue weighted by Gasteiger charge is -2.02. The van der Waals surface area contributed by atoms with Crippen LogP contribution in [0.15, 0.2) is 0 Å². The second kappa shape index (κ2) is 13.7. The Bertz CT molecular complexity index is 202. The SMILES string of the molecule is CCCC[S@@](=O)C(C)C.CCCC[S@](=O)C(C)C. The number of hydrogen-bond acceptors (Lipinski definition) is 2. The molecule has 0 aromatic heterocycles. The van der Waals surface area contributed by atoms with Crippen molar-refractivity contribution in [1.29, 1.82) is 0 Å². The van der Waals surface area contributed by atoms with Crippen LogP contribution in [0.3, 0.4) is 0 Å². The number of unbranched alkanes of at least 4 members (excludes halogenated alkanes) is 2. The normalized spacial score (nSPS) is 14.2. The predicted molar refractivity (Wildman–Crippen MR) is 86.1 cm³/mol. The number of rotatable bonds is 8. The van der Waals surface area contributed by atoms with Crippen LogP contribution in [0.5, 0.6) is 0 Å². The van der Waals surface area contributed by atoms with E-state index in [-0.39, 0.29) is 0 Å². The van der Waals surface area contributed by atoms with E-state index in [9.17, 15) is 8.42 Å². The molecule has 0 radical (unpaired) electrons. The molecule has 0 N–H and O–H groups in total. The van der Waals surface area contributed by atoms with Crippen molar-refractivity contribution in [2.45, 2.75) is 77.7 Å². The average Bonchev–Trinajstić information content (AvgIpc) is 2.33. The zero-order chi connectivity index (χ0) is 14.6. The Hall–Kier alpha value is 0.300. The zero-order valence-electron chi connectivity index (χ0n) is 13.0. The fourth-order valence-electron chi connectivity index (χ4n) is 1.04. The van der Waals surface area contributed by atoms with Gasteiger partial charge in [-0.25, -0.2) is 0 Å². The molecule has 0 rings (SSSR count). The first-order valence-electron chi connectivity index (χ1n) is 7.11. The summed E-state index contributed by atoms with van der Waals surface area (Å²) in [7, 11) is -1.14. The Morgan fingerprint density at radius 3 is 1.17 bits per heavy atom. The van der Waals surface area contributed by atoms with Crippen molar-refractivity contribution in [3.8, 4) is 0 Å². The third-order valence-corrected chi connectivity index (χ3v) is 5.93. The largest absolute Gasteiger partial charge is 0.259 e. The maximum Gasteiger partial charge on any atom is 0.0291 e. The molecular formula is C14H32O2S2. The first-order valence-corrected chi connectivity index (χ1v) is 9.87. The van der Waals surface area contributed by atoms with E-state index in [0.717, 1.165) is 37.2 Å². The molecular weight excluding hydrogens is 264 g/mol. The Morgan fingerprint density at radius 2 is 1.00 bits per heavy atom. The summed E-state index contributed by atoms with van der Waals surface area (Å²) >= 11 is 0. The van der Waals surface area contributed by atoms with Crippen molar-refractivity contribution >= 4 is 21.6 Å². The molecule has 0 spiro atoms. The van der Waals surface area contributed by atoms with Gasteiger partial charge in [-0.1, -0.05) is 54.4 Å². The summed E-state index contributed by atoms with van der Waals surface area (Å²) in [4.78, 5) is 0. The molecule has 0 saturated heterocycles. The highest BCUT2D eigenvalue weighted by Crippen LogP contribution is 1.98. The summed E-state index contributed by atoms with van der Waals surface area (Å²) in [6, 6.07) is 0. The first-order chi connectivity index (χ1) is 8.36. The summed E-state index contributed by atoms with van der Waals surface area (Å²) in [6.07, 6.45) is 4.51. The summed E-state index contributed by atoms with van der Waals surface area (Å²) in [6.45, 7) is 12.3. The third-order valence-electron chi connectivity index (χ3n) is 2.45. The van der Waals surface area contributed by atoms with Crippen LogP contribution in [0.1, 0.15) is 67.2 Å². The molecule has 0 fully saturated rings. The van der Waals surface area contributed by atoms with Crippen LogP contribution in [-0.4, -0.2) is 30.4 Å². The van der Waals surface area contributed by atoms with Gasteiger partial charge in [0.2, 0.25) is 0 Å². The molecule has 2 nitrogen and oxygen atoms in total. The summed E-state index contributed by atoms with van der Waals surface area (Å²) < 4.78 is 22.0. The van der Waals surface area contributed by atoms with E-state index in [1.165, 1.54) is 0 Å². The molecule has 0 aromatic carbocycles. The van der Waals surface area contributed by atoms with Crippen molar-refractivity contribution < 1.29 is 8.42 Å². The molecule has 4 heteroatoms. The van der Waals surface area contributed by atoms with E-state index in [1.54, 1.807) is 0 Å². The summed E-state index contributed by atoms with van der Waals surface area (Å²) in [5.41, 5.74) is 0. The molecule has 0 unspecified atom stereocenters. The van der Waals surface area contributed by atoms with Gasteiger partial charge in [0.15, 0.2) is 0 Å². The molecule has 0 amide bonds. The van der Waals surface area contributed by atoms with Crippen LogP contribution in [-0.2, 0) is 21.6 Å². The Balaban J connectivity index is 0. The maximum atomic E-state index is 11.0. The second-order valence-electron chi connectivity index (χ2n) is 4.97. The summed E-state index contributed by atoms with van der Waals surface area (Å²) in [5.74, 6) is 1.77. The molecule has 112 valence electrons. The van der Waals surface area contributed by atoms with Crippen LogP contribution in [0.4, 0.5) is 0 Å². The van der Waals surface area contributed by atoms with Crippen molar-refractivity contribution in [2.75, 3.05) is 11.5 Å². The summed E-state index contributed by atoms with van der Waals surface area (Å²) in [5, 5.41) is 0.688. The fourth-order valence-corrected chi connectivity index (χ4v) is 3.13. The van der Waals surface area contributed by atoms with Crippen LogP contribution in [0.2, 0.25) is 0 Å². The molecule has 0 aliphatic heterocycles. The molecule has 18 heavy (non-hydrogen) atoms. The van der Waals surface area contributed by atoms with Gasteiger partial charge in [-0.15, -0.1) is 0 Å². The molecule has 0 heterocycles. The van der Waals surface area contributed by atoms with E-state index in [2.05, 4.69) is 13.8 Å². The Morgan fingerprint density at radius 1 is 0.722 bits per heavy atom. The highest BCUT2D eigenvalue weighted by atomic mass is 32.2. The second-order valence-corrected chi connectivity index (χ2v) is 9.20. The molecule has 0 bridgehead atoms. The number of hydrogen-bond donors (Lipinski definition) is 0. The zero-order valence-corrected chi connectivity index (χ0v) is 14.7. The minimum atomic E-state index is -0.572. The van der Waals surface area contributed by atoms with Gasteiger partial charge in [-0.2, -0.15) is 0 Å². The van der Waals surface area contributed by atoms with Gasteiger partial charge in [-0.05, 0) is 12.8 Å². The lowest BCUT2D eigenvalue weighted by molar-refractivity contribution is 0.672. The maximum absolute atomic E-state index is 11.0. The van der Waals surface area contributed by atoms with E-state index in [0.29, 0.717) is 10.5 Å². The van der Waals surface area contributed by atoms with E-state index in [4.69, 9.17) is 0 Å². The van der Waals surface area contributed by atoms with Gasteiger partial charge in [0, 0.05) is 43.6 Å². The van der Waals surface area contributed by atoms with Gasteiger partial charge in [-0.3, -0.25) is 8.42 Å². The Labute approximate surface area is 119 Å². The van der Waals surface area contributed by atoms with Crippen molar-refractivity contribution in [2.24, 2.45) is 0 Å². The van der Waals surface area contributed by atoms with Crippen LogP contribution in [0, 0.1) is 0 Å². The van der Waals surface area contributed by atoms with Gasteiger partial charge in [0.25, 0.3) is 0 Å². The van der Waals surface area contributed by atoms with Crippen LogP contribution < -0.4 is 0 Å². The van der Waals surface area contributed by atoms with E-state index < -0.39 is 21.6 Å². The molecule has 0 aliphatic carbocycles. The van der Waals surface area contributed by atoms with Crippen molar-refractivity contribution in [3.63, 3.8) is 0 Å². The first kappa shape index (κ1) is 20.6. The minimum absolute atomic E-state index is 0.344. The predicted octanol–water partition coefficient (Wildman–Crippen LogP) is 3.89. The standard InChI is InChI=1S/2C7H16OS/c2*1-4-5-6-9(8)7(2)3/h2*7H,4-6H2,1-3H3/t2*9-/m10/s1. The van der Waals surface area contributed by atoms with Gasteiger partial charge in [0.05, 0.1) is 0 Å². The Kier molecular flexibility index (Phi) is 15.7. The minimum Gasteiger partial charge on any atom is -0.259 e. The third kappa shape index (κ3) is 14.4. The van der Waals surface area contributed by atoms with Gasteiger partial charge >= 0.3 is 0 Å². The molecule has 0 saturated carbocycles. The quantitative estimate of drug-likeness (QED) is 0.681. The van der Waals surface area contributed by atoms with E-state index >= 15 is 0 Å². The highest BCUT2D eigenvalue weighted by molar-refractivity contribution is 7.85. The average molecular weight is 297 g/mol. The molecule has 2 atom stereocenters. The highest BCUT2D eigenvalue weighted by Gasteiger charge is 2.02.